The summed E-state index contributed by atoms with van der Waals surface area (Å²) in [5, 5.41) is 18.5. The Morgan fingerprint density at radius 1 is 1.10 bits per heavy atom. The molecule has 0 fully saturated rings. The standard InChI is InChI=1S/C20H18N4O4S/c1-12(2)18(25)21-15-8-6-13(7-9-15)19(26)23-20-22-17(11-29-20)14-4-3-5-16(10-14)24(27)28/h3-12H,1-2H3,(H,21,25)(H,22,23,26). The van der Waals surface area contributed by atoms with Gasteiger partial charge in [-0.1, -0.05) is 26.0 Å². The maximum Gasteiger partial charge on any atom is 0.270 e. The Morgan fingerprint density at radius 2 is 1.83 bits per heavy atom. The Balaban J connectivity index is 1.68. The number of aromatic nitrogens is 1. The number of amides is 2. The molecule has 0 radical (unpaired) electrons. The second-order valence-electron chi connectivity index (χ2n) is 6.52. The molecule has 9 heteroatoms. The normalized spacial score (nSPS) is 10.6. The molecule has 0 aliphatic heterocycles. The lowest BCUT2D eigenvalue weighted by atomic mass is 10.1. The van der Waals surface area contributed by atoms with E-state index >= 15 is 0 Å². The molecule has 0 unspecified atom stereocenters. The summed E-state index contributed by atoms with van der Waals surface area (Å²) in [4.78, 5) is 38.9. The molecule has 2 N–H and O–H groups in total. The first-order chi connectivity index (χ1) is 13.8. The van der Waals surface area contributed by atoms with E-state index in [1.807, 2.05) is 0 Å². The first kappa shape index (κ1) is 20.2. The van der Waals surface area contributed by atoms with Gasteiger partial charge in [-0.3, -0.25) is 25.0 Å². The Bertz CT molecular complexity index is 1060. The Labute approximate surface area is 170 Å². The molecule has 0 atom stereocenters. The van der Waals surface area contributed by atoms with Gasteiger partial charge in [0, 0.05) is 40.2 Å². The van der Waals surface area contributed by atoms with Crippen molar-refractivity contribution in [1.82, 2.24) is 4.98 Å². The van der Waals surface area contributed by atoms with Gasteiger partial charge in [-0.15, -0.1) is 11.3 Å². The van der Waals surface area contributed by atoms with E-state index in [4.69, 9.17) is 0 Å². The zero-order valence-electron chi connectivity index (χ0n) is 15.7. The van der Waals surface area contributed by atoms with Gasteiger partial charge < -0.3 is 5.32 Å². The molecule has 1 aromatic heterocycles. The van der Waals surface area contributed by atoms with E-state index in [1.54, 1.807) is 55.6 Å². The van der Waals surface area contributed by atoms with Gasteiger partial charge in [0.2, 0.25) is 5.91 Å². The lowest BCUT2D eigenvalue weighted by Gasteiger charge is -2.08. The Morgan fingerprint density at radius 3 is 2.48 bits per heavy atom. The van der Waals surface area contributed by atoms with Gasteiger partial charge in [-0.25, -0.2) is 4.98 Å². The second kappa shape index (κ2) is 8.61. The molecule has 1 heterocycles. The van der Waals surface area contributed by atoms with Crippen molar-refractivity contribution in [2.24, 2.45) is 5.92 Å². The first-order valence-corrected chi connectivity index (χ1v) is 9.64. The molecule has 0 aliphatic carbocycles. The molecule has 29 heavy (non-hydrogen) atoms. The predicted octanol–water partition coefficient (Wildman–Crippen LogP) is 4.57. The molecule has 0 bridgehead atoms. The smallest absolute Gasteiger partial charge is 0.270 e. The highest BCUT2D eigenvalue weighted by atomic mass is 32.1. The van der Waals surface area contributed by atoms with Gasteiger partial charge in [0.1, 0.15) is 0 Å². The number of non-ortho nitro benzene ring substituents is 1. The number of rotatable bonds is 6. The van der Waals surface area contributed by atoms with Crippen molar-refractivity contribution in [3.8, 4) is 11.3 Å². The number of nitrogens with zero attached hydrogens (tertiary/aromatic N) is 2. The summed E-state index contributed by atoms with van der Waals surface area (Å²) < 4.78 is 0. The number of hydrogen-bond donors (Lipinski definition) is 2. The maximum atomic E-state index is 12.4. The van der Waals surface area contributed by atoms with Gasteiger partial charge in [0.15, 0.2) is 5.13 Å². The van der Waals surface area contributed by atoms with Crippen LogP contribution < -0.4 is 10.6 Å². The maximum absolute atomic E-state index is 12.4. The molecule has 0 saturated heterocycles. The number of nitrogens with one attached hydrogen (secondary N) is 2. The van der Waals surface area contributed by atoms with E-state index in [0.29, 0.717) is 27.6 Å². The highest BCUT2D eigenvalue weighted by Gasteiger charge is 2.13. The molecular formula is C20H18N4O4S. The van der Waals surface area contributed by atoms with Crippen molar-refractivity contribution >= 4 is 39.7 Å². The molecule has 8 nitrogen and oxygen atoms in total. The predicted molar refractivity (Wildman–Crippen MR) is 112 cm³/mol. The summed E-state index contributed by atoms with van der Waals surface area (Å²) in [5.74, 6) is -0.575. The van der Waals surface area contributed by atoms with Crippen molar-refractivity contribution in [3.05, 3.63) is 69.6 Å². The number of thiazole rings is 1. The van der Waals surface area contributed by atoms with Crippen molar-refractivity contribution in [3.63, 3.8) is 0 Å². The third-order valence-electron chi connectivity index (χ3n) is 4.02. The van der Waals surface area contributed by atoms with Gasteiger partial charge in [0.05, 0.1) is 10.6 Å². The second-order valence-corrected chi connectivity index (χ2v) is 7.38. The van der Waals surface area contributed by atoms with Crippen molar-refractivity contribution in [1.29, 1.82) is 0 Å². The minimum Gasteiger partial charge on any atom is -0.326 e. The van der Waals surface area contributed by atoms with Crippen LogP contribution in [0.25, 0.3) is 11.3 Å². The average molecular weight is 410 g/mol. The summed E-state index contributed by atoms with van der Waals surface area (Å²) in [6.07, 6.45) is 0. The molecular weight excluding hydrogens is 392 g/mol. The van der Waals surface area contributed by atoms with Gasteiger partial charge in [-0.05, 0) is 24.3 Å². The Hall–Kier alpha value is -3.59. The fraction of sp³-hybridized carbons (Fsp3) is 0.150. The number of carbonyl (C=O) groups is 2. The van der Waals surface area contributed by atoms with E-state index in [1.165, 1.54) is 23.5 Å². The van der Waals surface area contributed by atoms with E-state index in [2.05, 4.69) is 15.6 Å². The van der Waals surface area contributed by atoms with Gasteiger partial charge >= 0.3 is 0 Å². The van der Waals surface area contributed by atoms with Crippen molar-refractivity contribution < 1.29 is 14.5 Å². The summed E-state index contributed by atoms with van der Waals surface area (Å²) >= 11 is 1.23. The topological polar surface area (TPSA) is 114 Å². The third kappa shape index (κ3) is 5.02. The minimum atomic E-state index is -0.466. The number of carbonyl (C=O) groups excluding carboxylic acids is 2. The van der Waals surface area contributed by atoms with Crippen molar-refractivity contribution in [2.45, 2.75) is 13.8 Å². The number of anilines is 2. The molecule has 2 aromatic carbocycles. The minimum absolute atomic E-state index is 0.0225. The third-order valence-corrected chi connectivity index (χ3v) is 4.77. The zero-order chi connectivity index (χ0) is 21.0. The quantitative estimate of drug-likeness (QED) is 0.456. The summed E-state index contributed by atoms with van der Waals surface area (Å²) in [6, 6.07) is 12.7. The number of nitro benzene ring substituents is 1. The zero-order valence-corrected chi connectivity index (χ0v) is 16.5. The van der Waals surface area contributed by atoms with Crippen LogP contribution in [0.4, 0.5) is 16.5 Å². The van der Waals surface area contributed by atoms with Crippen LogP contribution in [0.3, 0.4) is 0 Å². The molecule has 3 rings (SSSR count). The van der Waals surface area contributed by atoms with E-state index in [0.717, 1.165) is 0 Å². The Kier molecular flexibility index (Phi) is 5.99. The summed E-state index contributed by atoms with van der Waals surface area (Å²) in [5.41, 5.74) is 2.15. The fourth-order valence-electron chi connectivity index (χ4n) is 2.40. The molecule has 2 amide bonds. The molecule has 0 aliphatic rings. The molecule has 0 saturated carbocycles. The SMILES string of the molecule is CC(C)C(=O)Nc1ccc(C(=O)Nc2nc(-c3cccc([N+](=O)[O-])c3)cs2)cc1. The average Bonchev–Trinajstić information content (AvgIpc) is 3.17. The largest absolute Gasteiger partial charge is 0.326 e. The summed E-state index contributed by atoms with van der Waals surface area (Å²) in [6.45, 7) is 3.60. The first-order valence-electron chi connectivity index (χ1n) is 8.76. The van der Waals surface area contributed by atoms with Crippen LogP contribution in [-0.2, 0) is 4.79 Å². The summed E-state index contributed by atoms with van der Waals surface area (Å²) in [7, 11) is 0. The van der Waals surface area contributed by atoms with Crippen LogP contribution >= 0.6 is 11.3 Å². The lowest BCUT2D eigenvalue weighted by Crippen LogP contribution is -2.18. The highest BCUT2D eigenvalue weighted by Crippen LogP contribution is 2.27. The van der Waals surface area contributed by atoms with Crippen molar-refractivity contribution in [2.75, 3.05) is 10.6 Å². The van der Waals surface area contributed by atoms with Crippen LogP contribution in [0.15, 0.2) is 53.9 Å². The molecule has 0 spiro atoms. The van der Waals surface area contributed by atoms with Crippen LogP contribution in [0, 0.1) is 16.0 Å². The number of nitro groups is 1. The molecule has 3 aromatic rings. The molecule has 148 valence electrons. The highest BCUT2D eigenvalue weighted by molar-refractivity contribution is 7.14. The van der Waals surface area contributed by atoms with E-state index < -0.39 is 4.92 Å². The van der Waals surface area contributed by atoms with Gasteiger partial charge in [0.25, 0.3) is 11.6 Å². The van der Waals surface area contributed by atoms with E-state index in [-0.39, 0.29) is 23.4 Å². The monoisotopic (exact) mass is 410 g/mol. The fourth-order valence-corrected chi connectivity index (χ4v) is 3.12. The van der Waals surface area contributed by atoms with Crippen LogP contribution in [0.2, 0.25) is 0 Å². The number of benzene rings is 2. The van der Waals surface area contributed by atoms with Crippen LogP contribution in [0.5, 0.6) is 0 Å². The lowest BCUT2D eigenvalue weighted by molar-refractivity contribution is -0.384. The van der Waals surface area contributed by atoms with E-state index in [9.17, 15) is 19.7 Å². The van der Waals surface area contributed by atoms with Gasteiger partial charge in [-0.2, -0.15) is 0 Å². The van der Waals surface area contributed by atoms with Crippen LogP contribution in [0.1, 0.15) is 24.2 Å². The van der Waals surface area contributed by atoms with Crippen LogP contribution in [-0.4, -0.2) is 21.7 Å². The number of hydrogen-bond acceptors (Lipinski definition) is 6.